The predicted octanol–water partition coefficient (Wildman–Crippen LogP) is 2.75. The van der Waals surface area contributed by atoms with Gasteiger partial charge in [0.15, 0.2) is 11.5 Å². The van der Waals surface area contributed by atoms with Crippen LogP contribution in [0, 0.1) is 19.8 Å². The van der Waals surface area contributed by atoms with Crippen molar-refractivity contribution in [1.82, 2.24) is 9.62 Å². The maximum Gasteiger partial charge on any atom is 0.243 e. The van der Waals surface area contributed by atoms with Crippen LogP contribution in [-0.2, 0) is 21.4 Å². The van der Waals surface area contributed by atoms with E-state index in [0.29, 0.717) is 48.9 Å². The minimum absolute atomic E-state index is 0.0455. The Morgan fingerprint density at radius 2 is 1.77 bits per heavy atom. The second-order valence-corrected chi connectivity index (χ2v) is 9.77. The predicted molar refractivity (Wildman–Crippen MR) is 112 cm³/mol. The van der Waals surface area contributed by atoms with Crippen LogP contribution in [0.1, 0.15) is 29.5 Å². The summed E-state index contributed by atoms with van der Waals surface area (Å²) in [6, 6.07) is 10.8. The van der Waals surface area contributed by atoms with Gasteiger partial charge in [-0.05, 0) is 67.6 Å². The first-order valence-corrected chi connectivity index (χ1v) is 11.5. The first-order valence-electron chi connectivity index (χ1n) is 10.1. The first kappa shape index (κ1) is 20.7. The van der Waals surface area contributed by atoms with Gasteiger partial charge in [-0.1, -0.05) is 12.1 Å². The molecule has 2 aliphatic heterocycles. The quantitative estimate of drug-likeness (QED) is 0.789. The van der Waals surface area contributed by atoms with Gasteiger partial charge in [0.2, 0.25) is 22.7 Å². The molecule has 1 N–H and O–H groups in total. The largest absolute Gasteiger partial charge is 0.454 e. The van der Waals surface area contributed by atoms with Gasteiger partial charge in [0.05, 0.1) is 4.90 Å². The average Bonchev–Trinajstić information content (AvgIpc) is 3.22. The molecule has 1 amide bonds. The topological polar surface area (TPSA) is 84.9 Å². The van der Waals surface area contributed by atoms with E-state index < -0.39 is 10.0 Å². The lowest BCUT2D eigenvalue weighted by Crippen LogP contribution is -2.42. The third-order valence-corrected chi connectivity index (χ3v) is 7.74. The van der Waals surface area contributed by atoms with Crippen molar-refractivity contribution in [3.8, 4) is 11.5 Å². The lowest BCUT2D eigenvalue weighted by Gasteiger charge is -2.30. The molecular weight excluding hydrogens is 404 g/mol. The second kappa shape index (κ2) is 8.28. The summed E-state index contributed by atoms with van der Waals surface area (Å²) in [5.74, 6) is 1.16. The summed E-state index contributed by atoms with van der Waals surface area (Å²) in [7, 11) is -3.54. The van der Waals surface area contributed by atoms with Crippen LogP contribution in [0.2, 0.25) is 0 Å². The van der Waals surface area contributed by atoms with Gasteiger partial charge in [-0.25, -0.2) is 8.42 Å². The van der Waals surface area contributed by atoms with Gasteiger partial charge < -0.3 is 14.8 Å². The van der Waals surface area contributed by atoms with Gasteiger partial charge in [-0.2, -0.15) is 4.31 Å². The molecule has 4 rings (SSSR count). The minimum Gasteiger partial charge on any atom is -0.454 e. The van der Waals surface area contributed by atoms with E-state index in [2.05, 4.69) is 5.32 Å². The van der Waals surface area contributed by atoms with Crippen molar-refractivity contribution in [3.05, 3.63) is 53.1 Å². The lowest BCUT2D eigenvalue weighted by molar-refractivity contribution is -0.126. The van der Waals surface area contributed by atoms with Gasteiger partial charge in [-0.3, -0.25) is 4.79 Å². The molecule has 8 heteroatoms. The van der Waals surface area contributed by atoms with Crippen LogP contribution in [0.15, 0.2) is 41.3 Å². The smallest absolute Gasteiger partial charge is 0.243 e. The maximum atomic E-state index is 12.9. The van der Waals surface area contributed by atoms with E-state index in [1.165, 1.54) is 4.31 Å². The summed E-state index contributed by atoms with van der Waals surface area (Å²) >= 11 is 0. The van der Waals surface area contributed by atoms with E-state index in [1.807, 2.05) is 38.1 Å². The molecule has 0 saturated carbocycles. The molecule has 7 nitrogen and oxygen atoms in total. The summed E-state index contributed by atoms with van der Waals surface area (Å²) in [5.41, 5.74) is 2.95. The normalized spacial score (nSPS) is 17.1. The van der Waals surface area contributed by atoms with Crippen LogP contribution in [0.3, 0.4) is 0 Å². The van der Waals surface area contributed by atoms with Crippen molar-refractivity contribution in [2.75, 3.05) is 19.9 Å². The molecule has 0 unspecified atom stereocenters. The minimum atomic E-state index is -3.54. The standard InChI is InChI=1S/C22H26N2O5S/c1-15-3-5-19(11-16(15)2)30(26,27)24-9-7-18(8-10-24)22(25)23-13-17-4-6-20-21(12-17)29-14-28-20/h3-6,11-12,18H,7-10,13-14H2,1-2H3,(H,23,25). The third kappa shape index (κ3) is 4.15. The van der Waals surface area contributed by atoms with E-state index in [4.69, 9.17) is 9.47 Å². The molecule has 0 aliphatic carbocycles. The van der Waals surface area contributed by atoms with Crippen molar-refractivity contribution in [2.24, 2.45) is 5.92 Å². The highest BCUT2D eigenvalue weighted by atomic mass is 32.2. The van der Waals surface area contributed by atoms with Gasteiger partial charge in [-0.15, -0.1) is 0 Å². The van der Waals surface area contributed by atoms with E-state index in [-0.39, 0.29) is 18.6 Å². The molecule has 2 aromatic rings. The number of aryl methyl sites for hydroxylation is 2. The first-order chi connectivity index (χ1) is 14.3. The third-order valence-electron chi connectivity index (χ3n) is 5.84. The van der Waals surface area contributed by atoms with Crippen molar-refractivity contribution in [3.63, 3.8) is 0 Å². The zero-order valence-corrected chi connectivity index (χ0v) is 18.0. The maximum absolute atomic E-state index is 12.9. The van der Waals surface area contributed by atoms with Crippen LogP contribution >= 0.6 is 0 Å². The summed E-state index contributed by atoms with van der Waals surface area (Å²) in [5, 5.41) is 2.96. The molecule has 0 radical (unpaired) electrons. The Balaban J connectivity index is 1.32. The molecule has 0 spiro atoms. The van der Waals surface area contributed by atoms with Crippen LogP contribution in [-0.4, -0.2) is 38.5 Å². The van der Waals surface area contributed by atoms with Crippen LogP contribution in [0.25, 0.3) is 0 Å². The molecule has 30 heavy (non-hydrogen) atoms. The fourth-order valence-electron chi connectivity index (χ4n) is 3.77. The Hall–Kier alpha value is -2.58. The lowest BCUT2D eigenvalue weighted by atomic mass is 9.97. The molecule has 0 bridgehead atoms. The number of ether oxygens (including phenoxy) is 2. The van der Waals surface area contributed by atoms with Crippen molar-refractivity contribution in [1.29, 1.82) is 0 Å². The number of nitrogens with one attached hydrogen (secondary N) is 1. The molecule has 1 fully saturated rings. The number of fused-ring (bicyclic) bond motifs is 1. The summed E-state index contributed by atoms with van der Waals surface area (Å²) < 4.78 is 38.0. The highest BCUT2D eigenvalue weighted by Gasteiger charge is 2.32. The Morgan fingerprint density at radius 1 is 1.03 bits per heavy atom. The number of piperidine rings is 1. The molecule has 2 heterocycles. The van der Waals surface area contributed by atoms with Gasteiger partial charge >= 0.3 is 0 Å². The second-order valence-electron chi connectivity index (χ2n) is 7.83. The zero-order valence-electron chi connectivity index (χ0n) is 17.2. The number of rotatable bonds is 5. The molecule has 160 valence electrons. The van der Waals surface area contributed by atoms with Gasteiger partial charge in [0.25, 0.3) is 0 Å². The summed E-state index contributed by atoms with van der Waals surface area (Å²) in [6.45, 7) is 5.17. The van der Waals surface area contributed by atoms with E-state index in [0.717, 1.165) is 16.7 Å². The number of sulfonamides is 1. The number of hydrogen-bond acceptors (Lipinski definition) is 5. The van der Waals surface area contributed by atoms with Crippen molar-refractivity contribution in [2.45, 2.75) is 38.1 Å². The van der Waals surface area contributed by atoms with E-state index in [9.17, 15) is 13.2 Å². The zero-order chi connectivity index (χ0) is 21.3. The van der Waals surface area contributed by atoms with Crippen LogP contribution < -0.4 is 14.8 Å². The number of benzene rings is 2. The SMILES string of the molecule is Cc1ccc(S(=O)(=O)N2CCC(C(=O)NCc3ccc4c(c3)OCO4)CC2)cc1C. The highest BCUT2D eigenvalue weighted by Crippen LogP contribution is 2.32. The Labute approximate surface area is 177 Å². The fraction of sp³-hybridized carbons (Fsp3) is 0.409. The Kier molecular flexibility index (Phi) is 5.71. The Morgan fingerprint density at radius 3 is 2.50 bits per heavy atom. The van der Waals surface area contributed by atoms with Crippen LogP contribution in [0.4, 0.5) is 0 Å². The molecule has 0 atom stereocenters. The Bertz CT molecular complexity index is 1060. The summed E-state index contributed by atoms with van der Waals surface area (Å²) in [4.78, 5) is 12.9. The number of amides is 1. The van der Waals surface area contributed by atoms with Crippen LogP contribution in [0.5, 0.6) is 11.5 Å². The fourth-order valence-corrected chi connectivity index (χ4v) is 5.32. The van der Waals surface area contributed by atoms with E-state index >= 15 is 0 Å². The van der Waals surface area contributed by atoms with Gasteiger partial charge in [0.1, 0.15) is 0 Å². The molecule has 0 aromatic heterocycles. The van der Waals surface area contributed by atoms with E-state index in [1.54, 1.807) is 12.1 Å². The number of nitrogens with zero attached hydrogens (tertiary/aromatic N) is 1. The average molecular weight is 431 g/mol. The molecule has 2 aliphatic rings. The van der Waals surface area contributed by atoms with Gasteiger partial charge in [0, 0.05) is 25.6 Å². The molecule has 1 saturated heterocycles. The molecule has 2 aromatic carbocycles. The van der Waals surface area contributed by atoms with Crippen molar-refractivity contribution >= 4 is 15.9 Å². The van der Waals surface area contributed by atoms with Crippen molar-refractivity contribution < 1.29 is 22.7 Å². The summed E-state index contributed by atoms with van der Waals surface area (Å²) in [6.07, 6.45) is 1.02. The molecular formula is C22H26N2O5S. The number of hydrogen-bond donors (Lipinski definition) is 1. The number of carbonyl (C=O) groups is 1. The number of carbonyl (C=O) groups excluding carboxylic acids is 1. The monoisotopic (exact) mass is 430 g/mol. The highest BCUT2D eigenvalue weighted by molar-refractivity contribution is 7.89.